The Morgan fingerprint density at radius 1 is 0.893 bits per heavy atom. The van der Waals surface area contributed by atoms with Gasteiger partial charge in [0.15, 0.2) is 0 Å². The normalized spacial score (nSPS) is 14.0. The number of carbonyl (C=O) groups excluding carboxylic acids is 1. The number of hydrogen-bond donors (Lipinski definition) is 1. The van der Waals surface area contributed by atoms with E-state index in [1.165, 1.54) is 5.56 Å². The SMILES string of the molecule is O=CN1CCN(c2nc(NCc3ccccc3)cc(-c3ccccc3)n2)CC1. The molecule has 28 heavy (non-hydrogen) atoms. The van der Waals surface area contributed by atoms with Crippen LogP contribution in [0, 0.1) is 0 Å². The average molecular weight is 373 g/mol. The van der Waals surface area contributed by atoms with Crippen molar-refractivity contribution >= 4 is 18.2 Å². The Hall–Kier alpha value is -3.41. The molecule has 0 bridgehead atoms. The predicted octanol–water partition coefficient (Wildman–Crippen LogP) is 3.03. The van der Waals surface area contributed by atoms with Crippen molar-refractivity contribution in [2.75, 3.05) is 36.4 Å². The van der Waals surface area contributed by atoms with E-state index >= 15 is 0 Å². The summed E-state index contributed by atoms with van der Waals surface area (Å²) >= 11 is 0. The van der Waals surface area contributed by atoms with E-state index < -0.39 is 0 Å². The van der Waals surface area contributed by atoms with Gasteiger partial charge in [0, 0.05) is 44.4 Å². The lowest BCUT2D eigenvalue weighted by Crippen LogP contribution is -2.46. The Morgan fingerprint density at radius 2 is 1.57 bits per heavy atom. The van der Waals surface area contributed by atoms with Crippen molar-refractivity contribution in [3.8, 4) is 11.3 Å². The minimum Gasteiger partial charge on any atom is -0.366 e. The maximum atomic E-state index is 11.0. The molecule has 1 aliphatic rings. The second-order valence-corrected chi connectivity index (χ2v) is 6.77. The quantitative estimate of drug-likeness (QED) is 0.673. The predicted molar refractivity (Wildman–Crippen MR) is 111 cm³/mol. The second kappa shape index (κ2) is 8.52. The molecule has 142 valence electrons. The first-order valence-corrected chi connectivity index (χ1v) is 9.48. The van der Waals surface area contributed by atoms with E-state index in [2.05, 4.69) is 34.5 Å². The van der Waals surface area contributed by atoms with Crippen molar-refractivity contribution in [1.29, 1.82) is 0 Å². The maximum Gasteiger partial charge on any atom is 0.227 e. The Balaban J connectivity index is 1.60. The molecule has 2 heterocycles. The number of aromatic nitrogens is 2. The van der Waals surface area contributed by atoms with Crippen molar-refractivity contribution < 1.29 is 4.79 Å². The van der Waals surface area contributed by atoms with E-state index in [1.54, 1.807) is 4.90 Å². The maximum absolute atomic E-state index is 11.0. The molecule has 1 N–H and O–H groups in total. The molecule has 1 fully saturated rings. The van der Waals surface area contributed by atoms with E-state index in [0.29, 0.717) is 25.6 Å². The Labute approximate surface area is 164 Å². The first kappa shape index (κ1) is 18.0. The first-order valence-electron chi connectivity index (χ1n) is 9.48. The highest BCUT2D eigenvalue weighted by atomic mass is 16.1. The molecular weight excluding hydrogens is 350 g/mol. The summed E-state index contributed by atoms with van der Waals surface area (Å²) < 4.78 is 0. The number of amides is 1. The molecule has 0 aliphatic carbocycles. The van der Waals surface area contributed by atoms with Crippen LogP contribution in [-0.4, -0.2) is 47.5 Å². The summed E-state index contributed by atoms with van der Waals surface area (Å²) in [6.07, 6.45) is 0.908. The van der Waals surface area contributed by atoms with E-state index in [-0.39, 0.29) is 0 Å². The summed E-state index contributed by atoms with van der Waals surface area (Å²) in [5, 5.41) is 3.43. The number of carbonyl (C=O) groups is 1. The molecule has 0 radical (unpaired) electrons. The molecule has 0 unspecified atom stereocenters. The van der Waals surface area contributed by atoms with Crippen molar-refractivity contribution in [3.05, 3.63) is 72.3 Å². The molecule has 6 heteroatoms. The van der Waals surface area contributed by atoms with Crippen molar-refractivity contribution in [2.24, 2.45) is 0 Å². The zero-order chi connectivity index (χ0) is 19.2. The van der Waals surface area contributed by atoms with Gasteiger partial charge in [-0.3, -0.25) is 4.79 Å². The van der Waals surface area contributed by atoms with Gasteiger partial charge in [-0.1, -0.05) is 60.7 Å². The molecule has 1 aromatic heterocycles. The van der Waals surface area contributed by atoms with Crippen molar-refractivity contribution in [1.82, 2.24) is 14.9 Å². The van der Waals surface area contributed by atoms with E-state index in [4.69, 9.17) is 9.97 Å². The topological polar surface area (TPSA) is 61.4 Å². The van der Waals surface area contributed by atoms with E-state index in [0.717, 1.165) is 36.6 Å². The van der Waals surface area contributed by atoms with Crippen LogP contribution in [0.3, 0.4) is 0 Å². The molecule has 1 amide bonds. The first-order chi connectivity index (χ1) is 13.8. The lowest BCUT2D eigenvalue weighted by molar-refractivity contribution is -0.118. The lowest BCUT2D eigenvalue weighted by Gasteiger charge is -2.32. The number of hydrogen-bond acceptors (Lipinski definition) is 5. The Morgan fingerprint density at radius 3 is 2.25 bits per heavy atom. The van der Waals surface area contributed by atoms with Crippen LogP contribution in [0.15, 0.2) is 66.7 Å². The van der Waals surface area contributed by atoms with Crippen LogP contribution in [0.1, 0.15) is 5.56 Å². The van der Waals surface area contributed by atoms with Crippen LogP contribution in [0.5, 0.6) is 0 Å². The number of anilines is 2. The minimum absolute atomic E-state index is 0.690. The van der Waals surface area contributed by atoms with E-state index in [1.807, 2.05) is 42.5 Å². The molecule has 1 aliphatic heterocycles. The fourth-order valence-corrected chi connectivity index (χ4v) is 3.24. The smallest absolute Gasteiger partial charge is 0.227 e. The van der Waals surface area contributed by atoms with Crippen LogP contribution >= 0.6 is 0 Å². The monoisotopic (exact) mass is 373 g/mol. The minimum atomic E-state index is 0.690. The van der Waals surface area contributed by atoms with Gasteiger partial charge in [0.1, 0.15) is 5.82 Å². The fourth-order valence-electron chi connectivity index (χ4n) is 3.24. The largest absolute Gasteiger partial charge is 0.366 e. The molecule has 0 atom stereocenters. The molecule has 3 aromatic rings. The molecular formula is C22H23N5O. The third kappa shape index (κ3) is 4.28. The zero-order valence-electron chi connectivity index (χ0n) is 15.7. The standard InChI is InChI=1S/C22H23N5O/c28-17-26-11-13-27(14-12-26)22-24-20(19-9-5-2-6-10-19)15-21(25-22)23-16-18-7-3-1-4-8-18/h1-10,15,17H,11-14,16H2,(H,23,24,25). The third-order valence-electron chi connectivity index (χ3n) is 4.85. The van der Waals surface area contributed by atoms with Gasteiger partial charge in [-0.25, -0.2) is 4.98 Å². The summed E-state index contributed by atoms with van der Waals surface area (Å²) in [5.41, 5.74) is 3.14. The van der Waals surface area contributed by atoms with Crippen molar-refractivity contribution in [3.63, 3.8) is 0 Å². The summed E-state index contributed by atoms with van der Waals surface area (Å²) in [4.78, 5) is 24.5. The van der Waals surface area contributed by atoms with Gasteiger partial charge in [-0.05, 0) is 5.56 Å². The van der Waals surface area contributed by atoms with Crippen LogP contribution in [0.4, 0.5) is 11.8 Å². The highest BCUT2D eigenvalue weighted by Gasteiger charge is 2.19. The molecule has 2 aromatic carbocycles. The Kier molecular flexibility index (Phi) is 5.47. The van der Waals surface area contributed by atoms with E-state index in [9.17, 15) is 4.79 Å². The molecule has 4 rings (SSSR count). The number of piperazine rings is 1. The van der Waals surface area contributed by atoms with Gasteiger partial charge in [0.05, 0.1) is 5.69 Å². The number of rotatable bonds is 6. The molecule has 6 nitrogen and oxygen atoms in total. The molecule has 0 saturated carbocycles. The van der Waals surface area contributed by atoms with Crippen LogP contribution < -0.4 is 10.2 Å². The van der Waals surface area contributed by atoms with Gasteiger partial charge < -0.3 is 15.1 Å². The second-order valence-electron chi connectivity index (χ2n) is 6.77. The van der Waals surface area contributed by atoms with Gasteiger partial charge in [-0.2, -0.15) is 4.98 Å². The van der Waals surface area contributed by atoms with Gasteiger partial charge in [0.2, 0.25) is 12.4 Å². The van der Waals surface area contributed by atoms with Crippen LogP contribution in [0.25, 0.3) is 11.3 Å². The summed E-state index contributed by atoms with van der Waals surface area (Å²) in [7, 11) is 0. The fraction of sp³-hybridized carbons (Fsp3) is 0.227. The summed E-state index contributed by atoms with van der Waals surface area (Å²) in [5.74, 6) is 1.49. The van der Waals surface area contributed by atoms with Crippen LogP contribution in [0.2, 0.25) is 0 Å². The highest BCUT2D eigenvalue weighted by Crippen LogP contribution is 2.24. The van der Waals surface area contributed by atoms with Gasteiger partial charge >= 0.3 is 0 Å². The molecule has 0 spiro atoms. The number of benzene rings is 2. The summed E-state index contributed by atoms with van der Waals surface area (Å²) in [6, 6.07) is 22.4. The lowest BCUT2D eigenvalue weighted by atomic mass is 10.1. The Bertz CT molecular complexity index is 909. The highest BCUT2D eigenvalue weighted by molar-refractivity contribution is 5.64. The zero-order valence-corrected chi connectivity index (χ0v) is 15.7. The van der Waals surface area contributed by atoms with Gasteiger partial charge in [0.25, 0.3) is 0 Å². The third-order valence-corrected chi connectivity index (χ3v) is 4.85. The van der Waals surface area contributed by atoms with Gasteiger partial charge in [-0.15, -0.1) is 0 Å². The number of nitrogens with zero attached hydrogens (tertiary/aromatic N) is 4. The molecule has 1 saturated heterocycles. The van der Waals surface area contributed by atoms with Crippen molar-refractivity contribution in [2.45, 2.75) is 6.54 Å². The summed E-state index contributed by atoms with van der Waals surface area (Å²) in [6.45, 7) is 3.54. The average Bonchev–Trinajstić information content (AvgIpc) is 2.79. The number of nitrogens with one attached hydrogen (secondary N) is 1. The van der Waals surface area contributed by atoms with Crippen LogP contribution in [-0.2, 0) is 11.3 Å².